The molecule has 0 radical (unpaired) electrons. The van der Waals surface area contributed by atoms with E-state index in [4.69, 9.17) is 15.3 Å². The van der Waals surface area contributed by atoms with Gasteiger partial charge in [0.05, 0.1) is 13.3 Å². The van der Waals surface area contributed by atoms with Crippen molar-refractivity contribution in [3.8, 4) is 11.5 Å². The summed E-state index contributed by atoms with van der Waals surface area (Å²) in [6, 6.07) is 16.3. The monoisotopic (exact) mass is 368 g/mol. The maximum Gasteiger partial charge on any atom is 0.131 e. The molecule has 1 aliphatic rings. The molecule has 0 aromatic heterocycles. The van der Waals surface area contributed by atoms with Crippen molar-refractivity contribution in [2.24, 2.45) is 10.9 Å². The van der Waals surface area contributed by atoms with Gasteiger partial charge in [0.25, 0.3) is 0 Å². The van der Waals surface area contributed by atoms with E-state index in [0.717, 1.165) is 50.6 Å². The van der Waals surface area contributed by atoms with Gasteiger partial charge in [-0.15, -0.1) is 0 Å². The lowest BCUT2D eigenvalue weighted by Gasteiger charge is -2.34. The second kappa shape index (κ2) is 9.94. The first kappa shape index (κ1) is 19.2. The second-order valence-electron chi connectivity index (χ2n) is 6.63. The van der Waals surface area contributed by atoms with Crippen molar-refractivity contribution >= 4 is 6.21 Å². The van der Waals surface area contributed by atoms with Crippen LogP contribution in [0.2, 0.25) is 0 Å². The molecule has 0 saturated carbocycles. The summed E-state index contributed by atoms with van der Waals surface area (Å²) >= 11 is 0. The second-order valence-corrected chi connectivity index (χ2v) is 6.63. The average molecular weight is 368 g/mol. The largest absolute Gasteiger partial charge is 0.496 e. The molecule has 6 heteroatoms. The zero-order chi connectivity index (χ0) is 18.9. The van der Waals surface area contributed by atoms with Crippen molar-refractivity contribution < 1.29 is 9.47 Å². The zero-order valence-corrected chi connectivity index (χ0v) is 15.9. The maximum atomic E-state index is 5.90. The van der Waals surface area contributed by atoms with E-state index in [1.807, 2.05) is 18.2 Å². The fourth-order valence-corrected chi connectivity index (χ4v) is 3.27. The third kappa shape index (κ3) is 5.70. The van der Waals surface area contributed by atoms with Gasteiger partial charge in [-0.1, -0.05) is 30.3 Å². The number of piperazine rings is 1. The summed E-state index contributed by atoms with van der Waals surface area (Å²) in [6.07, 6.45) is 1.57. The molecule has 0 amide bonds. The van der Waals surface area contributed by atoms with E-state index < -0.39 is 0 Å². The molecule has 1 fully saturated rings. The number of ether oxygens (including phenoxy) is 2. The Bertz CT molecular complexity index is 728. The smallest absolute Gasteiger partial charge is 0.131 e. The normalized spacial score (nSPS) is 15.9. The van der Waals surface area contributed by atoms with Crippen LogP contribution in [0.25, 0.3) is 0 Å². The van der Waals surface area contributed by atoms with Gasteiger partial charge in [-0.3, -0.25) is 9.80 Å². The van der Waals surface area contributed by atoms with Crippen molar-refractivity contribution in [1.82, 2.24) is 9.80 Å². The summed E-state index contributed by atoms with van der Waals surface area (Å²) in [5.41, 5.74) is 2.22. The Morgan fingerprint density at radius 3 is 2.48 bits per heavy atom. The molecule has 3 rings (SSSR count). The SMILES string of the molecule is COc1cc(OCCN2CCN(Cc3ccccc3)CC2)ccc1C=NN. The van der Waals surface area contributed by atoms with Gasteiger partial charge in [0, 0.05) is 50.9 Å². The van der Waals surface area contributed by atoms with Crippen LogP contribution in [-0.2, 0) is 6.54 Å². The molecular formula is C21H28N4O2. The van der Waals surface area contributed by atoms with E-state index in [2.05, 4.69) is 45.2 Å². The number of hydrogen-bond acceptors (Lipinski definition) is 6. The predicted octanol–water partition coefficient (Wildman–Crippen LogP) is 2.18. The molecule has 0 unspecified atom stereocenters. The van der Waals surface area contributed by atoms with Crippen molar-refractivity contribution in [2.45, 2.75) is 6.54 Å². The molecule has 0 atom stereocenters. The summed E-state index contributed by atoms with van der Waals surface area (Å²) < 4.78 is 11.2. The fraction of sp³-hybridized carbons (Fsp3) is 0.381. The van der Waals surface area contributed by atoms with Crippen LogP contribution in [0.5, 0.6) is 11.5 Å². The topological polar surface area (TPSA) is 63.3 Å². The number of rotatable bonds is 8. The number of hydrazone groups is 1. The third-order valence-electron chi connectivity index (χ3n) is 4.81. The Labute approximate surface area is 161 Å². The van der Waals surface area contributed by atoms with Crippen LogP contribution in [0.3, 0.4) is 0 Å². The van der Waals surface area contributed by atoms with E-state index >= 15 is 0 Å². The van der Waals surface area contributed by atoms with Crippen molar-refractivity contribution in [3.05, 3.63) is 59.7 Å². The first-order valence-electron chi connectivity index (χ1n) is 9.31. The molecule has 0 aliphatic carbocycles. The van der Waals surface area contributed by atoms with Gasteiger partial charge in [0.2, 0.25) is 0 Å². The van der Waals surface area contributed by atoms with Crippen molar-refractivity contribution in [2.75, 3.05) is 46.4 Å². The molecule has 27 heavy (non-hydrogen) atoms. The predicted molar refractivity (Wildman–Crippen MR) is 108 cm³/mol. The zero-order valence-electron chi connectivity index (χ0n) is 15.9. The highest BCUT2D eigenvalue weighted by molar-refractivity contribution is 5.83. The van der Waals surface area contributed by atoms with Gasteiger partial charge in [-0.25, -0.2) is 0 Å². The molecule has 2 aromatic carbocycles. The van der Waals surface area contributed by atoms with Crippen LogP contribution in [0.1, 0.15) is 11.1 Å². The van der Waals surface area contributed by atoms with Crippen LogP contribution in [0.4, 0.5) is 0 Å². The molecule has 6 nitrogen and oxygen atoms in total. The highest BCUT2D eigenvalue weighted by Crippen LogP contribution is 2.23. The summed E-state index contributed by atoms with van der Waals surface area (Å²) in [6.45, 7) is 6.95. The number of methoxy groups -OCH3 is 1. The Morgan fingerprint density at radius 2 is 1.78 bits per heavy atom. The van der Waals surface area contributed by atoms with Gasteiger partial charge in [0.15, 0.2) is 0 Å². The molecule has 0 spiro atoms. The molecule has 2 N–H and O–H groups in total. The maximum absolute atomic E-state index is 5.90. The molecule has 2 aromatic rings. The molecule has 1 saturated heterocycles. The third-order valence-corrected chi connectivity index (χ3v) is 4.81. The Balaban J connectivity index is 1.40. The van der Waals surface area contributed by atoms with Crippen molar-refractivity contribution in [1.29, 1.82) is 0 Å². The molecule has 0 bridgehead atoms. The highest BCUT2D eigenvalue weighted by Gasteiger charge is 2.16. The first-order valence-corrected chi connectivity index (χ1v) is 9.31. The van der Waals surface area contributed by atoms with Crippen LogP contribution in [0.15, 0.2) is 53.6 Å². The van der Waals surface area contributed by atoms with Crippen LogP contribution >= 0.6 is 0 Å². The molecule has 1 heterocycles. The number of nitrogens with zero attached hydrogens (tertiary/aromatic N) is 3. The Hall–Kier alpha value is -2.57. The molecule has 144 valence electrons. The Kier molecular flexibility index (Phi) is 7.07. The summed E-state index contributed by atoms with van der Waals surface area (Å²) in [5, 5.41) is 3.54. The standard InChI is InChI=1S/C21H28N4O2/c1-26-21-15-20(8-7-19(21)16-23-22)27-14-13-24-9-11-25(12-10-24)17-18-5-3-2-4-6-18/h2-8,15-16H,9-14,17,22H2,1H3. The Morgan fingerprint density at radius 1 is 1.04 bits per heavy atom. The van der Waals surface area contributed by atoms with Gasteiger partial charge >= 0.3 is 0 Å². The van der Waals surface area contributed by atoms with Gasteiger partial charge in [0.1, 0.15) is 18.1 Å². The lowest BCUT2D eigenvalue weighted by atomic mass is 10.2. The van der Waals surface area contributed by atoms with E-state index in [-0.39, 0.29) is 0 Å². The van der Waals surface area contributed by atoms with Crippen LogP contribution < -0.4 is 15.3 Å². The minimum absolute atomic E-state index is 0.659. The minimum Gasteiger partial charge on any atom is -0.496 e. The van der Waals surface area contributed by atoms with E-state index in [1.54, 1.807) is 13.3 Å². The lowest BCUT2D eigenvalue weighted by Crippen LogP contribution is -2.47. The van der Waals surface area contributed by atoms with Gasteiger partial charge in [-0.2, -0.15) is 5.10 Å². The average Bonchev–Trinajstić information content (AvgIpc) is 2.71. The molecule has 1 aliphatic heterocycles. The van der Waals surface area contributed by atoms with E-state index in [9.17, 15) is 0 Å². The minimum atomic E-state index is 0.659. The highest BCUT2D eigenvalue weighted by atomic mass is 16.5. The quantitative estimate of drug-likeness (QED) is 0.440. The van der Waals surface area contributed by atoms with E-state index in [0.29, 0.717) is 12.4 Å². The lowest BCUT2D eigenvalue weighted by molar-refractivity contribution is 0.112. The van der Waals surface area contributed by atoms with Crippen molar-refractivity contribution in [3.63, 3.8) is 0 Å². The van der Waals surface area contributed by atoms with Gasteiger partial charge < -0.3 is 15.3 Å². The van der Waals surface area contributed by atoms with Gasteiger partial charge in [-0.05, 0) is 17.7 Å². The van der Waals surface area contributed by atoms with E-state index in [1.165, 1.54) is 5.56 Å². The number of hydrogen-bond donors (Lipinski definition) is 1. The van der Waals surface area contributed by atoms with Crippen LogP contribution in [-0.4, -0.2) is 62.5 Å². The summed E-state index contributed by atoms with van der Waals surface area (Å²) in [5.74, 6) is 6.71. The summed E-state index contributed by atoms with van der Waals surface area (Å²) in [7, 11) is 1.63. The first-order chi connectivity index (χ1) is 13.3. The molecular weight excluding hydrogens is 340 g/mol. The fourth-order valence-electron chi connectivity index (χ4n) is 3.27. The van der Waals surface area contributed by atoms with Crippen LogP contribution in [0, 0.1) is 0 Å². The summed E-state index contributed by atoms with van der Waals surface area (Å²) in [4.78, 5) is 4.96. The number of benzene rings is 2. The number of nitrogens with two attached hydrogens (primary N) is 1.